The number of hydrogen-bond acceptors (Lipinski definition) is 13. The lowest BCUT2D eigenvalue weighted by Gasteiger charge is -2.62. The SMILES string of the molecule is C[C@@H]1C[C@H]2[C@@H]3CCC4=CC(=O)C=C[C@]4(C)[C@@]3(F)[C@@H](O)C[C@]2(C)[C@@]1(O)C(=O)CO.Nc1ncn([C@@H]2O[C@H](CO)[C@@H](O)[C@H]2O)c(=O)n1. The molecule has 12 atom stereocenters. The predicted molar refractivity (Wildman–Crippen MR) is 154 cm³/mol. The van der Waals surface area contributed by atoms with Crippen LogP contribution in [0.5, 0.6) is 0 Å². The number of Topliss-reactive ketones (excluding diaryl/α,β-unsaturated/α-hetero) is 1. The van der Waals surface area contributed by atoms with E-state index < -0.39 is 89.3 Å². The highest BCUT2D eigenvalue weighted by Gasteiger charge is 2.75. The maximum Gasteiger partial charge on any atom is 0.354 e. The van der Waals surface area contributed by atoms with Crippen molar-refractivity contribution in [2.24, 2.45) is 28.6 Å². The summed E-state index contributed by atoms with van der Waals surface area (Å²) in [7, 11) is 0. The molecule has 0 unspecified atom stereocenters. The molecule has 6 rings (SSSR count). The number of carbonyl (C=O) groups excluding carboxylic acids is 2. The van der Waals surface area contributed by atoms with E-state index in [1.54, 1.807) is 26.8 Å². The van der Waals surface area contributed by atoms with Crippen LogP contribution in [0.4, 0.5) is 10.3 Å². The van der Waals surface area contributed by atoms with Crippen molar-refractivity contribution in [2.45, 2.75) is 88.4 Å². The highest BCUT2D eigenvalue weighted by Crippen LogP contribution is 2.70. The largest absolute Gasteiger partial charge is 0.394 e. The van der Waals surface area contributed by atoms with Crippen molar-refractivity contribution in [2.75, 3.05) is 18.9 Å². The van der Waals surface area contributed by atoms with E-state index in [0.29, 0.717) is 24.8 Å². The second kappa shape index (κ2) is 11.4. The maximum atomic E-state index is 16.9. The van der Waals surface area contributed by atoms with Gasteiger partial charge in [0.25, 0.3) is 0 Å². The normalized spacial score (nSPS) is 45.1. The summed E-state index contributed by atoms with van der Waals surface area (Å²) in [6.45, 7) is 4.01. The molecule has 2 heterocycles. The van der Waals surface area contributed by atoms with Crippen LogP contribution in [0.1, 0.15) is 52.7 Å². The van der Waals surface area contributed by atoms with Gasteiger partial charge in [0.2, 0.25) is 5.95 Å². The van der Waals surface area contributed by atoms with Gasteiger partial charge in [-0.05, 0) is 56.6 Å². The van der Waals surface area contributed by atoms with Crippen LogP contribution in [0, 0.1) is 28.6 Å². The number of alkyl halides is 1. The molecule has 0 amide bonds. The monoisotopic (exact) mass is 636 g/mol. The third-order valence-electron chi connectivity index (χ3n) is 11.3. The molecule has 1 saturated heterocycles. The molecule has 5 aliphatic rings. The molecule has 0 aromatic carbocycles. The van der Waals surface area contributed by atoms with Crippen LogP contribution in [-0.4, -0.2) is 106 Å². The van der Waals surface area contributed by atoms with E-state index in [9.17, 15) is 39.9 Å². The lowest BCUT2D eigenvalue weighted by atomic mass is 9.44. The van der Waals surface area contributed by atoms with Crippen LogP contribution in [0.2, 0.25) is 0 Å². The molecule has 4 fully saturated rings. The standard InChI is InChI=1S/C22H29FO5.C8H12N4O5/c1-12-8-16-15-5-4-13-9-14(25)6-7-19(13,2)21(15,23)17(26)10-20(16,3)22(12,28)18(27)11-24;9-7-10-2-12(8(16)11-7)6-5(15)4(14)3(1-13)17-6/h6-7,9,12,15-17,24,26,28H,4-5,8,10-11H2,1-3H3;2-6,13-15H,1H2,(H2,9,11,16)/t12-,15+,16+,17+,19+,20+,21+,22+;3-,4-,5-,6-/m11/s1. The van der Waals surface area contributed by atoms with E-state index in [0.717, 1.165) is 10.9 Å². The lowest BCUT2D eigenvalue weighted by molar-refractivity contribution is -0.219. The first-order valence-corrected chi connectivity index (χ1v) is 15.0. The summed E-state index contributed by atoms with van der Waals surface area (Å²) < 4.78 is 22.9. The summed E-state index contributed by atoms with van der Waals surface area (Å²) in [6, 6.07) is 0. The van der Waals surface area contributed by atoms with Crippen LogP contribution in [0.25, 0.3) is 0 Å². The fourth-order valence-corrected chi connectivity index (χ4v) is 8.90. The Labute approximate surface area is 258 Å². The molecule has 1 aromatic heterocycles. The molecule has 1 aromatic rings. The zero-order valence-corrected chi connectivity index (χ0v) is 25.3. The third-order valence-corrected chi connectivity index (χ3v) is 11.3. The van der Waals surface area contributed by atoms with Gasteiger partial charge >= 0.3 is 5.69 Å². The number of anilines is 1. The summed E-state index contributed by atoms with van der Waals surface area (Å²) in [6.07, 6.45) is 0.765. The van der Waals surface area contributed by atoms with Gasteiger partial charge in [-0.2, -0.15) is 4.98 Å². The molecule has 3 saturated carbocycles. The Bertz CT molecular complexity index is 1490. The maximum absolute atomic E-state index is 16.9. The summed E-state index contributed by atoms with van der Waals surface area (Å²) in [4.78, 5) is 42.8. The van der Waals surface area contributed by atoms with Crippen LogP contribution in [0.3, 0.4) is 0 Å². The number of allylic oxidation sites excluding steroid dienone is 4. The topological polar surface area (TPSA) is 239 Å². The van der Waals surface area contributed by atoms with Gasteiger partial charge in [-0.25, -0.2) is 14.2 Å². The van der Waals surface area contributed by atoms with Crippen LogP contribution in [0.15, 0.2) is 34.9 Å². The number of halogens is 1. The Morgan fingerprint density at radius 1 is 1.18 bits per heavy atom. The Balaban J connectivity index is 0.000000201. The van der Waals surface area contributed by atoms with E-state index >= 15 is 4.39 Å². The Hall–Kier alpha value is -2.92. The number of ketones is 2. The summed E-state index contributed by atoms with van der Waals surface area (Å²) in [5.41, 5.74) is -0.713. The predicted octanol–water partition coefficient (Wildman–Crippen LogP) is -1.27. The average molecular weight is 637 g/mol. The average Bonchev–Trinajstić information content (AvgIpc) is 3.39. The number of nitrogens with two attached hydrogens (primary N) is 1. The van der Waals surface area contributed by atoms with E-state index in [1.165, 1.54) is 12.2 Å². The minimum absolute atomic E-state index is 0.0676. The first kappa shape index (κ1) is 33.4. The molecule has 1 aliphatic heterocycles. The fourth-order valence-electron chi connectivity index (χ4n) is 8.90. The first-order chi connectivity index (χ1) is 21.0. The van der Waals surface area contributed by atoms with Crippen molar-refractivity contribution in [3.63, 3.8) is 0 Å². The third kappa shape index (κ3) is 4.66. The number of aromatic nitrogens is 3. The van der Waals surface area contributed by atoms with E-state index in [2.05, 4.69) is 9.97 Å². The number of rotatable bonds is 4. The number of hydrogen-bond donors (Lipinski definition) is 7. The zero-order chi connectivity index (χ0) is 33.3. The van der Waals surface area contributed by atoms with E-state index in [4.69, 9.17) is 15.6 Å². The van der Waals surface area contributed by atoms with Gasteiger partial charge in [-0.15, -0.1) is 0 Å². The zero-order valence-electron chi connectivity index (χ0n) is 25.3. The van der Waals surface area contributed by atoms with Gasteiger partial charge in [-0.1, -0.05) is 25.5 Å². The molecule has 4 aliphatic carbocycles. The number of ether oxygens (including phenoxy) is 1. The number of aliphatic hydroxyl groups is 6. The van der Waals surface area contributed by atoms with Crippen molar-refractivity contribution in [1.82, 2.24) is 14.5 Å². The number of nitrogen functional groups attached to an aromatic ring is 1. The fraction of sp³-hybridized carbons (Fsp3) is 0.700. The quantitative estimate of drug-likeness (QED) is 0.204. The molecule has 248 valence electrons. The van der Waals surface area contributed by atoms with Crippen LogP contribution >= 0.6 is 0 Å². The molecular formula is C30H41FN4O10. The van der Waals surface area contributed by atoms with Gasteiger partial charge in [0.1, 0.15) is 36.8 Å². The molecule has 45 heavy (non-hydrogen) atoms. The summed E-state index contributed by atoms with van der Waals surface area (Å²) in [5, 5.41) is 60.1. The molecule has 8 N–H and O–H groups in total. The van der Waals surface area contributed by atoms with Crippen molar-refractivity contribution in [3.8, 4) is 0 Å². The van der Waals surface area contributed by atoms with Gasteiger partial charge < -0.3 is 41.1 Å². The Morgan fingerprint density at radius 3 is 2.47 bits per heavy atom. The summed E-state index contributed by atoms with van der Waals surface area (Å²) in [5.74, 6) is -2.32. The Kier molecular flexibility index (Phi) is 8.47. The van der Waals surface area contributed by atoms with Crippen molar-refractivity contribution in [3.05, 3.63) is 40.6 Å². The van der Waals surface area contributed by atoms with E-state index in [1.807, 2.05) is 0 Å². The van der Waals surface area contributed by atoms with Gasteiger partial charge in [-0.3, -0.25) is 14.2 Å². The molecule has 14 nitrogen and oxygen atoms in total. The molecule has 0 radical (unpaired) electrons. The smallest absolute Gasteiger partial charge is 0.354 e. The molecule has 0 bridgehead atoms. The molecular weight excluding hydrogens is 595 g/mol. The molecule has 0 spiro atoms. The van der Waals surface area contributed by atoms with Crippen molar-refractivity contribution in [1.29, 1.82) is 0 Å². The highest BCUT2D eigenvalue weighted by atomic mass is 19.1. The Morgan fingerprint density at radius 2 is 1.87 bits per heavy atom. The van der Waals surface area contributed by atoms with Gasteiger partial charge in [0, 0.05) is 16.7 Å². The molecule has 15 heteroatoms. The number of nitrogens with zero attached hydrogens (tertiary/aromatic N) is 3. The number of fused-ring (bicyclic) bond motifs is 5. The van der Waals surface area contributed by atoms with Crippen molar-refractivity contribution < 1.29 is 49.4 Å². The minimum Gasteiger partial charge on any atom is -0.394 e. The van der Waals surface area contributed by atoms with Crippen molar-refractivity contribution >= 4 is 17.5 Å². The van der Waals surface area contributed by atoms with Gasteiger partial charge in [0.15, 0.2) is 23.5 Å². The highest BCUT2D eigenvalue weighted by molar-refractivity contribution is 6.01. The number of carbonyl (C=O) groups is 2. The first-order valence-electron chi connectivity index (χ1n) is 15.0. The minimum atomic E-state index is -1.98. The van der Waals surface area contributed by atoms with Crippen LogP contribution < -0.4 is 11.4 Å². The summed E-state index contributed by atoms with van der Waals surface area (Å²) >= 11 is 0. The van der Waals surface area contributed by atoms with E-state index in [-0.39, 0.29) is 24.1 Å². The second-order valence-corrected chi connectivity index (χ2v) is 13.4. The van der Waals surface area contributed by atoms with Gasteiger partial charge in [0.05, 0.1) is 12.7 Å². The second-order valence-electron chi connectivity index (χ2n) is 13.4. The van der Waals surface area contributed by atoms with Crippen LogP contribution in [-0.2, 0) is 14.3 Å². The lowest BCUT2D eigenvalue weighted by Crippen LogP contribution is -2.69. The number of aliphatic hydroxyl groups excluding tert-OH is 5.